The van der Waals surface area contributed by atoms with Crippen molar-refractivity contribution in [2.75, 3.05) is 31.9 Å². The number of para-hydroxylation sites is 2. The molecule has 1 aliphatic heterocycles. The van der Waals surface area contributed by atoms with E-state index in [1.807, 2.05) is 30.1 Å². The maximum atomic E-state index is 12.7. The van der Waals surface area contributed by atoms with Crippen LogP contribution in [0.2, 0.25) is 0 Å². The summed E-state index contributed by atoms with van der Waals surface area (Å²) in [6.07, 6.45) is 0. The Balaban J connectivity index is 1.28. The summed E-state index contributed by atoms with van der Waals surface area (Å²) in [4.78, 5) is 21.7. The summed E-state index contributed by atoms with van der Waals surface area (Å²) in [5.41, 5.74) is 4.72. The van der Waals surface area contributed by atoms with Crippen LogP contribution in [0.3, 0.4) is 0 Å². The lowest BCUT2D eigenvalue weighted by Crippen LogP contribution is -2.48. The summed E-state index contributed by atoms with van der Waals surface area (Å²) >= 11 is 1.53. The molecule has 2 aromatic carbocycles. The van der Waals surface area contributed by atoms with E-state index in [1.165, 1.54) is 22.9 Å². The van der Waals surface area contributed by atoms with Gasteiger partial charge in [-0.25, -0.2) is 4.98 Å². The van der Waals surface area contributed by atoms with E-state index in [2.05, 4.69) is 51.7 Å². The molecule has 1 fully saturated rings. The monoisotopic (exact) mass is 394 g/mol. The lowest BCUT2D eigenvalue weighted by atomic mass is 10.1. The molecule has 0 aliphatic carbocycles. The number of aromatic nitrogens is 2. The van der Waals surface area contributed by atoms with Gasteiger partial charge in [-0.3, -0.25) is 9.69 Å². The van der Waals surface area contributed by atoms with E-state index >= 15 is 0 Å². The van der Waals surface area contributed by atoms with E-state index in [9.17, 15) is 4.79 Å². The molecular weight excluding hydrogens is 368 g/mol. The Morgan fingerprint density at radius 2 is 1.86 bits per heavy atom. The maximum Gasteiger partial charge on any atom is 0.233 e. The zero-order valence-electron chi connectivity index (χ0n) is 16.5. The third-order valence-corrected chi connectivity index (χ3v) is 6.30. The SMILES string of the molecule is Cc1cccc(CN2CCN(C(=O)CSc3nc4ccccc4n3C)CC2)c1. The maximum absolute atomic E-state index is 12.7. The first-order chi connectivity index (χ1) is 13.6. The van der Waals surface area contributed by atoms with Crippen molar-refractivity contribution in [3.8, 4) is 0 Å². The van der Waals surface area contributed by atoms with Gasteiger partial charge < -0.3 is 9.47 Å². The van der Waals surface area contributed by atoms with Crippen molar-refractivity contribution < 1.29 is 4.79 Å². The summed E-state index contributed by atoms with van der Waals surface area (Å²) in [6, 6.07) is 16.7. The number of piperazine rings is 1. The molecule has 1 aromatic heterocycles. The van der Waals surface area contributed by atoms with E-state index < -0.39 is 0 Å². The van der Waals surface area contributed by atoms with Gasteiger partial charge in [0, 0.05) is 39.8 Å². The predicted octanol–water partition coefficient (Wildman–Crippen LogP) is 3.32. The van der Waals surface area contributed by atoms with Gasteiger partial charge in [0.1, 0.15) is 0 Å². The van der Waals surface area contributed by atoms with Crippen molar-refractivity contribution in [1.29, 1.82) is 0 Å². The van der Waals surface area contributed by atoms with Crippen molar-refractivity contribution in [1.82, 2.24) is 19.4 Å². The Morgan fingerprint density at radius 1 is 1.07 bits per heavy atom. The van der Waals surface area contributed by atoms with Crippen molar-refractivity contribution in [3.05, 3.63) is 59.7 Å². The fourth-order valence-electron chi connectivity index (χ4n) is 3.69. The van der Waals surface area contributed by atoms with Gasteiger partial charge in [-0.2, -0.15) is 0 Å². The zero-order chi connectivity index (χ0) is 19.5. The predicted molar refractivity (Wildman–Crippen MR) is 114 cm³/mol. The van der Waals surface area contributed by atoms with Gasteiger partial charge in [0.05, 0.1) is 16.8 Å². The first kappa shape index (κ1) is 19.0. The molecule has 0 bridgehead atoms. The van der Waals surface area contributed by atoms with Crippen LogP contribution in [0.4, 0.5) is 0 Å². The molecular formula is C22H26N4OS. The molecule has 0 N–H and O–H groups in total. The van der Waals surface area contributed by atoms with Crippen LogP contribution in [-0.4, -0.2) is 57.2 Å². The van der Waals surface area contributed by atoms with Gasteiger partial charge >= 0.3 is 0 Å². The minimum Gasteiger partial charge on any atom is -0.339 e. The summed E-state index contributed by atoms with van der Waals surface area (Å²) in [6.45, 7) is 6.54. The third kappa shape index (κ3) is 4.23. The molecule has 0 unspecified atom stereocenters. The van der Waals surface area contributed by atoms with Crippen LogP contribution in [0.5, 0.6) is 0 Å². The first-order valence-electron chi connectivity index (χ1n) is 9.70. The summed E-state index contributed by atoms with van der Waals surface area (Å²) in [5.74, 6) is 0.641. The van der Waals surface area contributed by atoms with Crippen molar-refractivity contribution in [2.45, 2.75) is 18.6 Å². The van der Waals surface area contributed by atoms with Gasteiger partial charge in [0.2, 0.25) is 5.91 Å². The van der Waals surface area contributed by atoms with E-state index in [4.69, 9.17) is 0 Å². The number of aryl methyl sites for hydroxylation is 2. The molecule has 6 heteroatoms. The Morgan fingerprint density at radius 3 is 2.61 bits per heavy atom. The molecule has 0 atom stereocenters. The second-order valence-corrected chi connectivity index (χ2v) is 8.32. The molecule has 28 heavy (non-hydrogen) atoms. The lowest BCUT2D eigenvalue weighted by molar-refractivity contribution is -0.130. The normalized spacial score (nSPS) is 15.3. The number of imidazole rings is 1. The highest BCUT2D eigenvalue weighted by Crippen LogP contribution is 2.23. The average molecular weight is 395 g/mol. The number of carbonyl (C=O) groups is 1. The number of hydrogen-bond donors (Lipinski definition) is 0. The van der Waals surface area contributed by atoms with Gasteiger partial charge in [-0.05, 0) is 24.6 Å². The van der Waals surface area contributed by atoms with Crippen molar-refractivity contribution in [2.24, 2.45) is 7.05 Å². The van der Waals surface area contributed by atoms with E-state index in [0.717, 1.165) is 48.9 Å². The van der Waals surface area contributed by atoms with Crippen LogP contribution in [0.25, 0.3) is 11.0 Å². The van der Waals surface area contributed by atoms with E-state index in [-0.39, 0.29) is 5.91 Å². The molecule has 0 spiro atoms. The highest BCUT2D eigenvalue weighted by molar-refractivity contribution is 7.99. The second-order valence-electron chi connectivity index (χ2n) is 7.38. The molecule has 1 amide bonds. The fraction of sp³-hybridized carbons (Fsp3) is 0.364. The number of hydrogen-bond acceptors (Lipinski definition) is 4. The van der Waals surface area contributed by atoms with Gasteiger partial charge in [-0.1, -0.05) is 53.7 Å². The molecule has 0 saturated carbocycles. The number of carbonyl (C=O) groups excluding carboxylic acids is 1. The lowest BCUT2D eigenvalue weighted by Gasteiger charge is -2.34. The van der Waals surface area contributed by atoms with Crippen LogP contribution in [-0.2, 0) is 18.4 Å². The Kier molecular flexibility index (Phi) is 5.69. The summed E-state index contributed by atoms with van der Waals surface area (Å²) in [5, 5.41) is 0.896. The Bertz CT molecular complexity index is 976. The fourth-order valence-corrected chi connectivity index (χ4v) is 4.58. The highest BCUT2D eigenvalue weighted by Gasteiger charge is 2.22. The number of fused-ring (bicyclic) bond motifs is 1. The minimum atomic E-state index is 0.201. The van der Waals surface area contributed by atoms with Gasteiger partial charge in [0.15, 0.2) is 5.16 Å². The standard InChI is InChI=1S/C22H26N4OS/c1-17-6-5-7-18(14-17)15-25-10-12-26(13-11-25)21(27)16-28-22-23-19-8-3-4-9-20(19)24(22)2/h3-9,14H,10-13,15-16H2,1-2H3. The molecule has 0 radical (unpaired) electrons. The first-order valence-corrected chi connectivity index (χ1v) is 10.7. The third-order valence-electron chi connectivity index (χ3n) is 5.28. The number of amides is 1. The zero-order valence-corrected chi connectivity index (χ0v) is 17.3. The van der Waals surface area contributed by atoms with Gasteiger partial charge in [0.25, 0.3) is 0 Å². The quantitative estimate of drug-likeness (QED) is 0.623. The Hall–Kier alpha value is -2.31. The number of thioether (sulfide) groups is 1. The van der Waals surface area contributed by atoms with E-state index in [0.29, 0.717) is 5.75 Å². The largest absolute Gasteiger partial charge is 0.339 e. The van der Waals surface area contributed by atoms with E-state index in [1.54, 1.807) is 0 Å². The molecule has 1 aliphatic rings. The highest BCUT2D eigenvalue weighted by atomic mass is 32.2. The number of benzene rings is 2. The summed E-state index contributed by atoms with van der Waals surface area (Å²) in [7, 11) is 2.01. The second kappa shape index (κ2) is 8.37. The number of nitrogens with zero attached hydrogens (tertiary/aromatic N) is 4. The Labute approximate surface area is 170 Å². The van der Waals surface area contributed by atoms with Crippen LogP contribution in [0.15, 0.2) is 53.7 Å². The smallest absolute Gasteiger partial charge is 0.233 e. The molecule has 5 nitrogen and oxygen atoms in total. The topological polar surface area (TPSA) is 41.4 Å². The average Bonchev–Trinajstić information content (AvgIpc) is 3.03. The number of rotatable bonds is 5. The van der Waals surface area contributed by atoms with Crippen molar-refractivity contribution >= 4 is 28.7 Å². The molecule has 4 rings (SSSR count). The van der Waals surface area contributed by atoms with Crippen LogP contribution < -0.4 is 0 Å². The van der Waals surface area contributed by atoms with Gasteiger partial charge in [-0.15, -0.1) is 0 Å². The van der Waals surface area contributed by atoms with Crippen LogP contribution in [0.1, 0.15) is 11.1 Å². The molecule has 2 heterocycles. The molecule has 146 valence electrons. The van der Waals surface area contributed by atoms with Crippen LogP contribution >= 0.6 is 11.8 Å². The minimum absolute atomic E-state index is 0.201. The molecule has 3 aromatic rings. The van der Waals surface area contributed by atoms with Crippen molar-refractivity contribution in [3.63, 3.8) is 0 Å². The summed E-state index contributed by atoms with van der Waals surface area (Å²) < 4.78 is 2.06. The van der Waals surface area contributed by atoms with Crippen LogP contribution in [0, 0.1) is 6.92 Å². The molecule has 1 saturated heterocycles.